The van der Waals surface area contributed by atoms with Gasteiger partial charge in [0.25, 0.3) is 0 Å². The molecule has 0 aliphatic carbocycles. The van der Waals surface area contributed by atoms with Gasteiger partial charge in [-0.3, -0.25) is 0 Å². The summed E-state index contributed by atoms with van der Waals surface area (Å²) in [7, 11) is 0. The fourth-order valence-corrected chi connectivity index (χ4v) is 1.09. The first-order valence-electron chi connectivity index (χ1n) is 3.46. The molecule has 0 heterocycles. The lowest BCUT2D eigenvalue weighted by Crippen LogP contribution is -2.05. The van der Waals surface area contributed by atoms with Gasteiger partial charge in [0.2, 0.25) is 0 Å². The molecule has 1 aromatic rings. The lowest BCUT2D eigenvalue weighted by Gasteiger charge is -2.08. The molecular formula is C8H9ClFNO. The molecule has 12 heavy (non-hydrogen) atoms. The second-order valence-electron chi connectivity index (χ2n) is 2.61. The molecule has 1 aromatic carbocycles. The van der Waals surface area contributed by atoms with Crippen LogP contribution in [0.15, 0.2) is 12.1 Å². The van der Waals surface area contributed by atoms with E-state index in [1.165, 1.54) is 6.07 Å². The summed E-state index contributed by atoms with van der Waals surface area (Å²) >= 11 is 5.49. The Kier molecular flexibility index (Phi) is 2.55. The van der Waals surface area contributed by atoms with Crippen molar-refractivity contribution in [3.63, 3.8) is 0 Å². The topological polar surface area (TPSA) is 46.2 Å². The first-order chi connectivity index (χ1) is 5.52. The number of hydrogen-bond acceptors (Lipinski definition) is 2. The number of rotatable bonds is 1. The monoisotopic (exact) mass is 189 g/mol. The summed E-state index contributed by atoms with van der Waals surface area (Å²) in [5, 5.41) is 9.18. The minimum atomic E-state index is -0.640. The summed E-state index contributed by atoms with van der Waals surface area (Å²) in [6, 6.07) is 1.93. The van der Waals surface area contributed by atoms with Crippen molar-refractivity contribution in [1.29, 1.82) is 0 Å². The Morgan fingerprint density at radius 2 is 2.17 bits per heavy atom. The van der Waals surface area contributed by atoms with E-state index in [0.29, 0.717) is 5.56 Å². The standard InChI is InChI=1S/C8H9ClFNO/c1-4(11)5-2-6(9)7(10)3-8(5)12/h2-4,12H,11H2,1H3/t4-/m0/s1. The minimum Gasteiger partial charge on any atom is -0.508 e. The molecule has 0 amide bonds. The molecule has 0 bridgehead atoms. The molecule has 1 atom stereocenters. The van der Waals surface area contributed by atoms with Crippen LogP contribution < -0.4 is 5.73 Å². The molecule has 0 saturated heterocycles. The van der Waals surface area contributed by atoms with E-state index in [9.17, 15) is 9.50 Å². The second-order valence-corrected chi connectivity index (χ2v) is 3.02. The predicted octanol–water partition coefficient (Wildman–Crippen LogP) is 2.20. The van der Waals surface area contributed by atoms with E-state index < -0.39 is 5.82 Å². The predicted molar refractivity (Wildman–Crippen MR) is 45.7 cm³/mol. The zero-order chi connectivity index (χ0) is 9.30. The fraction of sp³-hybridized carbons (Fsp3) is 0.250. The van der Waals surface area contributed by atoms with E-state index in [-0.39, 0.29) is 16.8 Å². The molecule has 2 nitrogen and oxygen atoms in total. The van der Waals surface area contributed by atoms with Gasteiger partial charge >= 0.3 is 0 Å². The van der Waals surface area contributed by atoms with Gasteiger partial charge in [0.1, 0.15) is 11.6 Å². The molecule has 0 fully saturated rings. The molecule has 4 heteroatoms. The molecule has 0 aliphatic heterocycles. The lowest BCUT2D eigenvalue weighted by atomic mass is 10.1. The van der Waals surface area contributed by atoms with Crippen LogP contribution in [-0.2, 0) is 0 Å². The highest BCUT2D eigenvalue weighted by Gasteiger charge is 2.10. The summed E-state index contributed by atoms with van der Waals surface area (Å²) < 4.78 is 12.7. The highest BCUT2D eigenvalue weighted by molar-refractivity contribution is 6.30. The van der Waals surface area contributed by atoms with E-state index in [1.807, 2.05) is 0 Å². The number of phenols is 1. The Morgan fingerprint density at radius 3 is 2.67 bits per heavy atom. The zero-order valence-electron chi connectivity index (χ0n) is 6.51. The average molecular weight is 190 g/mol. The van der Waals surface area contributed by atoms with E-state index in [1.54, 1.807) is 6.92 Å². The van der Waals surface area contributed by atoms with Crippen molar-refractivity contribution in [2.75, 3.05) is 0 Å². The van der Waals surface area contributed by atoms with Crippen LogP contribution in [0.3, 0.4) is 0 Å². The average Bonchev–Trinajstić information content (AvgIpc) is 1.96. The Labute approximate surface area is 74.8 Å². The van der Waals surface area contributed by atoms with Crippen LogP contribution in [0.4, 0.5) is 4.39 Å². The maximum absolute atomic E-state index is 12.7. The van der Waals surface area contributed by atoms with Crippen LogP contribution in [0.25, 0.3) is 0 Å². The Balaban J connectivity index is 3.23. The Hall–Kier alpha value is -0.800. The third kappa shape index (κ3) is 1.68. The summed E-state index contributed by atoms with van der Waals surface area (Å²) in [5.74, 6) is -0.800. The maximum atomic E-state index is 12.7. The van der Waals surface area contributed by atoms with Gasteiger partial charge in [-0.05, 0) is 13.0 Å². The summed E-state index contributed by atoms with van der Waals surface area (Å²) in [4.78, 5) is 0. The molecule has 0 aliphatic rings. The van der Waals surface area contributed by atoms with Crippen molar-refractivity contribution in [2.24, 2.45) is 5.73 Å². The van der Waals surface area contributed by atoms with Gasteiger partial charge in [-0.2, -0.15) is 0 Å². The number of hydrogen-bond donors (Lipinski definition) is 2. The highest BCUT2D eigenvalue weighted by atomic mass is 35.5. The summed E-state index contributed by atoms with van der Waals surface area (Å²) in [6.07, 6.45) is 0. The van der Waals surface area contributed by atoms with Crippen LogP contribution in [0, 0.1) is 5.82 Å². The smallest absolute Gasteiger partial charge is 0.145 e. The van der Waals surface area contributed by atoms with Crippen molar-refractivity contribution in [2.45, 2.75) is 13.0 Å². The normalized spacial score (nSPS) is 13.0. The Bertz CT molecular complexity index is 301. The van der Waals surface area contributed by atoms with Crippen molar-refractivity contribution in [1.82, 2.24) is 0 Å². The molecule has 0 radical (unpaired) electrons. The summed E-state index contributed by atoms with van der Waals surface area (Å²) in [6.45, 7) is 1.68. The van der Waals surface area contributed by atoms with Crippen molar-refractivity contribution < 1.29 is 9.50 Å². The van der Waals surface area contributed by atoms with Gasteiger partial charge in [-0.25, -0.2) is 4.39 Å². The molecule has 0 spiro atoms. The minimum absolute atomic E-state index is 0.0277. The van der Waals surface area contributed by atoms with Crippen LogP contribution in [-0.4, -0.2) is 5.11 Å². The molecule has 0 aromatic heterocycles. The maximum Gasteiger partial charge on any atom is 0.145 e. The van der Waals surface area contributed by atoms with Gasteiger partial charge in [0.05, 0.1) is 5.02 Å². The number of halogens is 2. The SMILES string of the molecule is C[C@H](N)c1cc(Cl)c(F)cc1O. The highest BCUT2D eigenvalue weighted by Crippen LogP contribution is 2.28. The number of benzene rings is 1. The summed E-state index contributed by atoms with van der Waals surface area (Å²) in [5.41, 5.74) is 5.94. The molecule has 66 valence electrons. The van der Waals surface area contributed by atoms with Gasteiger partial charge in [-0.1, -0.05) is 11.6 Å². The van der Waals surface area contributed by atoms with E-state index in [0.717, 1.165) is 6.07 Å². The van der Waals surface area contributed by atoms with Gasteiger partial charge < -0.3 is 10.8 Å². The lowest BCUT2D eigenvalue weighted by molar-refractivity contribution is 0.457. The van der Waals surface area contributed by atoms with Gasteiger partial charge in [0.15, 0.2) is 0 Å². The number of nitrogens with two attached hydrogens (primary N) is 1. The third-order valence-electron chi connectivity index (χ3n) is 1.56. The van der Waals surface area contributed by atoms with Crippen LogP contribution >= 0.6 is 11.6 Å². The van der Waals surface area contributed by atoms with Crippen LogP contribution in [0.5, 0.6) is 5.75 Å². The Morgan fingerprint density at radius 1 is 1.58 bits per heavy atom. The third-order valence-corrected chi connectivity index (χ3v) is 1.85. The molecule has 1 rings (SSSR count). The largest absolute Gasteiger partial charge is 0.508 e. The van der Waals surface area contributed by atoms with Crippen LogP contribution in [0.1, 0.15) is 18.5 Å². The zero-order valence-corrected chi connectivity index (χ0v) is 7.27. The van der Waals surface area contributed by atoms with Gasteiger partial charge in [-0.15, -0.1) is 0 Å². The van der Waals surface area contributed by atoms with E-state index in [2.05, 4.69) is 0 Å². The molecule has 0 saturated carbocycles. The second kappa shape index (κ2) is 3.29. The van der Waals surface area contributed by atoms with Crippen molar-refractivity contribution >= 4 is 11.6 Å². The number of aromatic hydroxyl groups is 1. The first-order valence-corrected chi connectivity index (χ1v) is 3.83. The van der Waals surface area contributed by atoms with Crippen molar-refractivity contribution in [3.8, 4) is 5.75 Å². The molecule has 3 N–H and O–H groups in total. The quantitative estimate of drug-likeness (QED) is 0.712. The van der Waals surface area contributed by atoms with Crippen LogP contribution in [0.2, 0.25) is 5.02 Å². The van der Waals surface area contributed by atoms with E-state index >= 15 is 0 Å². The first kappa shape index (κ1) is 9.29. The molecule has 0 unspecified atom stereocenters. The molecular weight excluding hydrogens is 181 g/mol. The number of phenolic OH excluding ortho intramolecular Hbond substituents is 1. The van der Waals surface area contributed by atoms with Gasteiger partial charge in [0, 0.05) is 17.7 Å². The van der Waals surface area contributed by atoms with Crippen molar-refractivity contribution in [3.05, 3.63) is 28.5 Å². The van der Waals surface area contributed by atoms with E-state index in [4.69, 9.17) is 17.3 Å². The fourth-order valence-electron chi connectivity index (χ4n) is 0.916.